The summed E-state index contributed by atoms with van der Waals surface area (Å²) in [5.41, 5.74) is 4.43. The van der Waals surface area contributed by atoms with Gasteiger partial charge in [-0.05, 0) is 40.6 Å². The molecule has 0 radical (unpaired) electrons. The van der Waals surface area contributed by atoms with E-state index in [4.69, 9.17) is 2.74 Å². The maximum Gasteiger partial charge on any atom is 0.0708 e. The molecule has 0 amide bonds. The van der Waals surface area contributed by atoms with Crippen LogP contribution in [0.15, 0.2) is 72.9 Å². The number of hydrogen-bond donors (Lipinski definition) is 0. The van der Waals surface area contributed by atoms with E-state index in [0.29, 0.717) is 5.56 Å². The van der Waals surface area contributed by atoms with Crippen LogP contribution in [0.4, 0.5) is 0 Å². The monoisotopic (exact) mass is 303 g/mol. The van der Waals surface area contributed by atoms with E-state index in [9.17, 15) is 0 Å². The molecule has 1 heterocycles. The van der Waals surface area contributed by atoms with Gasteiger partial charge >= 0.3 is 0 Å². The highest BCUT2D eigenvalue weighted by Gasteiger charge is 2.11. The minimum atomic E-state index is -1.38. The Kier molecular flexibility index (Phi) is 3.62. The predicted molar refractivity (Wildman–Crippen MR) is 98.3 cm³/mol. The molecule has 3 rings (SSSR count). The molecule has 2 aromatic carbocycles. The molecule has 0 bridgehead atoms. The fourth-order valence-electron chi connectivity index (χ4n) is 2.56. The topological polar surface area (TPSA) is 12.9 Å². The third kappa shape index (κ3) is 4.07. The van der Waals surface area contributed by atoms with Gasteiger partial charge in [0.05, 0.1) is 5.69 Å². The molecule has 0 N–H and O–H groups in total. The first-order valence-corrected chi connectivity index (χ1v) is 7.91. The van der Waals surface area contributed by atoms with E-state index in [2.05, 4.69) is 11.1 Å². The van der Waals surface area contributed by atoms with Crippen LogP contribution in [0.1, 0.15) is 29.1 Å². The molecule has 0 fully saturated rings. The lowest BCUT2D eigenvalue weighted by Gasteiger charge is -2.18. The van der Waals surface area contributed by atoms with Crippen molar-refractivity contribution in [2.75, 3.05) is 0 Å². The molecule has 0 spiro atoms. The van der Waals surface area contributed by atoms with Crippen LogP contribution in [-0.2, 0) is 6.37 Å². The number of benzene rings is 2. The Balaban J connectivity index is 1.94. The fourth-order valence-corrected chi connectivity index (χ4v) is 2.56. The number of nitrogens with zero attached hydrogens (tertiary/aromatic N) is 1. The van der Waals surface area contributed by atoms with Crippen LogP contribution in [0.2, 0.25) is 0 Å². The van der Waals surface area contributed by atoms with Gasteiger partial charge in [-0.1, -0.05) is 75.4 Å². The molecule has 116 valence electrons. The van der Waals surface area contributed by atoms with Gasteiger partial charge in [0.2, 0.25) is 0 Å². The largest absolute Gasteiger partial charge is 0.256 e. The first-order chi connectivity index (χ1) is 11.8. The molecule has 0 saturated carbocycles. The van der Waals surface area contributed by atoms with E-state index >= 15 is 0 Å². The van der Waals surface area contributed by atoms with Crippen LogP contribution in [-0.4, -0.2) is 4.98 Å². The van der Waals surface area contributed by atoms with Gasteiger partial charge in [-0.2, -0.15) is 0 Å². The molecule has 0 aliphatic carbocycles. The van der Waals surface area contributed by atoms with Crippen molar-refractivity contribution in [3.63, 3.8) is 0 Å². The predicted octanol–water partition coefficient (Wildman–Crippen LogP) is 6.00. The first-order valence-electron chi connectivity index (χ1n) is 8.91. The van der Waals surface area contributed by atoms with Crippen molar-refractivity contribution in [2.45, 2.75) is 27.1 Å². The zero-order valence-electron chi connectivity index (χ0n) is 15.9. The highest BCUT2D eigenvalue weighted by molar-refractivity contribution is 5.70. The summed E-state index contributed by atoms with van der Waals surface area (Å²) in [5.74, 6) is 0. The summed E-state index contributed by atoms with van der Waals surface area (Å²) in [5, 5.41) is 0. The van der Waals surface area contributed by atoms with E-state index in [0.717, 1.165) is 22.4 Å². The van der Waals surface area contributed by atoms with Crippen molar-refractivity contribution in [3.8, 4) is 22.4 Å². The van der Waals surface area contributed by atoms with E-state index in [1.54, 1.807) is 0 Å². The average molecular weight is 303 g/mol. The molecule has 0 aliphatic heterocycles. The molecule has 1 aromatic heterocycles. The minimum absolute atomic E-state index is 0.453. The molecule has 1 heteroatoms. The second kappa shape index (κ2) is 6.37. The summed E-state index contributed by atoms with van der Waals surface area (Å²) in [6, 6.07) is 21.9. The van der Waals surface area contributed by atoms with E-state index in [1.165, 1.54) is 0 Å². The number of rotatable bonds is 3. The van der Waals surface area contributed by atoms with Crippen LogP contribution in [0.5, 0.6) is 0 Å². The number of pyridine rings is 1. The van der Waals surface area contributed by atoms with Crippen molar-refractivity contribution in [1.29, 1.82) is 0 Å². The lowest BCUT2D eigenvalue weighted by molar-refractivity contribution is 0.411. The van der Waals surface area contributed by atoms with Crippen molar-refractivity contribution >= 4 is 0 Å². The Labute approximate surface area is 141 Å². The van der Waals surface area contributed by atoms with Gasteiger partial charge in [0.15, 0.2) is 0 Å². The quantitative estimate of drug-likeness (QED) is 0.578. The summed E-state index contributed by atoms with van der Waals surface area (Å²) in [4.78, 5) is 4.46. The van der Waals surface area contributed by atoms with Crippen molar-refractivity contribution in [1.82, 2.24) is 4.98 Å². The molecule has 1 nitrogen and oxygen atoms in total. The van der Waals surface area contributed by atoms with E-state index < -0.39 is 11.8 Å². The smallest absolute Gasteiger partial charge is 0.0708 e. The van der Waals surface area contributed by atoms with E-state index in [1.807, 2.05) is 87.6 Å². The van der Waals surface area contributed by atoms with Gasteiger partial charge in [-0.15, -0.1) is 0 Å². The summed E-state index contributed by atoms with van der Waals surface area (Å²) >= 11 is 0. The van der Waals surface area contributed by atoms with Crippen LogP contribution in [0.25, 0.3) is 22.4 Å². The first kappa shape index (κ1) is 13.1. The second-order valence-electron chi connectivity index (χ2n) is 6.75. The van der Waals surface area contributed by atoms with Gasteiger partial charge in [0.25, 0.3) is 0 Å². The van der Waals surface area contributed by atoms with Crippen molar-refractivity contribution < 1.29 is 2.74 Å². The highest BCUT2D eigenvalue weighted by atomic mass is 14.7. The van der Waals surface area contributed by atoms with Crippen LogP contribution >= 0.6 is 0 Å². The van der Waals surface area contributed by atoms with Crippen molar-refractivity contribution in [2.24, 2.45) is 5.41 Å². The summed E-state index contributed by atoms with van der Waals surface area (Å²) in [6.07, 6.45) is 0.443. The lowest BCUT2D eigenvalue weighted by Crippen LogP contribution is -2.08. The fraction of sp³-hybridized carbons (Fsp3) is 0.227. The zero-order valence-corrected chi connectivity index (χ0v) is 13.9. The zero-order chi connectivity index (χ0) is 18.1. The van der Waals surface area contributed by atoms with Gasteiger partial charge in [-0.3, -0.25) is 4.98 Å². The maximum absolute atomic E-state index is 8.40. The van der Waals surface area contributed by atoms with Crippen LogP contribution in [0.3, 0.4) is 0 Å². The summed E-state index contributed by atoms with van der Waals surface area (Å²) in [7, 11) is 0. The van der Waals surface area contributed by atoms with Gasteiger partial charge in [0, 0.05) is 14.5 Å². The van der Waals surface area contributed by atoms with Gasteiger partial charge in [-0.25, -0.2) is 0 Å². The molecule has 0 unspecified atom stereocenters. The maximum atomic E-state index is 8.40. The van der Waals surface area contributed by atoms with Crippen molar-refractivity contribution in [3.05, 3.63) is 78.5 Å². The Morgan fingerprint density at radius 1 is 0.826 bits per heavy atom. The summed E-state index contributed by atoms with van der Waals surface area (Å²) < 4.78 is 16.8. The Hall–Kier alpha value is -2.41. The third-order valence-electron chi connectivity index (χ3n) is 3.57. The normalized spacial score (nSPS) is 13.3. The molecule has 0 saturated heterocycles. The second-order valence-corrected chi connectivity index (χ2v) is 6.75. The molecular formula is C22H23N. The van der Waals surface area contributed by atoms with Gasteiger partial charge in [0.1, 0.15) is 0 Å². The SMILES string of the molecule is [2H]C([2H])(c1ccc(-c2ccnc(-c3ccccc3)c2)cc1)C(C)(C)C. The Morgan fingerprint density at radius 3 is 2.17 bits per heavy atom. The standard InChI is InChI=1S/C22H23N/c1-22(2,3)16-17-9-11-18(12-10-17)20-13-14-23-21(15-20)19-7-5-4-6-8-19/h4-15H,16H2,1-3H3/i16D2. The molecule has 0 aliphatic rings. The minimum Gasteiger partial charge on any atom is -0.256 e. The molecule has 0 atom stereocenters. The van der Waals surface area contributed by atoms with E-state index in [-0.39, 0.29) is 0 Å². The number of aromatic nitrogens is 1. The van der Waals surface area contributed by atoms with Crippen LogP contribution < -0.4 is 0 Å². The Morgan fingerprint density at radius 2 is 1.52 bits per heavy atom. The average Bonchev–Trinajstić information content (AvgIpc) is 2.62. The highest BCUT2D eigenvalue weighted by Crippen LogP contribution is 2.26. The lowest BCUT2D eigenvalue weighted by atomic mass is 9.87. The third-order valence-corrected chi connectivity index (χ3v) is 3.57. The van der Waals surface area contributed by atoms with Crippen LogP contribution in [0, 0.1) is 5.41 Å². The number of hydrogen-bond acceptors (Lipinski definition) is 1. The molecular weight excluding hydrogens is 278 g/mol. The van der Waals surface area contributed by atoms with Gasteiger partial charge < -0.3 is 0 Å². The molecule has 23 heavy (non-hydrogen) atoms. The molecule has 3 aromatic rings. The Bertz CT molecular complexity index is 847. The summed E-state index contributed by atoms with van der Waals surface area (Å²) in [6.45, 7) is 5.78.